The SMILES string of the molecule is CCc1ccc(NC(=O)c2ccc(NCCc3ccc(F)cc3)nn2)cc1. The fourth-order valence-corrected chi connectivity index (χ4v) is 2.55. The van der Waals surface area contributed by atoms with Crippen molar-refractivity contribution in [2.45, 2.75) is 19.8 Å². The largest absolute Gasteiger partial charge is 0.368 e. The summed E-state index contributed by atoms with van der Waals surface area (Å²) < 4.78 is 12.9. The molecule has 2 N–H and O–H groups in total. The molecule has 0 aliphatic heterocycles. The van der Waals surface area contributed by atoms with Crippen molar-refractivity contribution in [1.29, 1.82) is 0 Å². The Balaban J connectivity index is 1.51. The smallest absolute Gasteiger partial charge is 0.276 e. The number of anilines is 2. The van der Waals surface area contributed by atoms with Gasteiger partial charge in [0.05, 0.1) is 0 Å². The molecule has 0 aliphatic rings. The summed E-state index contributed by atoms with van der Waals surface area (Å²) in [6, 6.07) is 17.4. The quantitative estimate of drug-likeness (QED) is 0.663. The second-order valence-electron chi connectivity index (χ2n) is 6.11. The van der Waals surface area contributed by atoms with Crippen LogP contribution < -0.4 is 10.6 Å². The third-order valence-electron chi connectivity index (χ3n) is 4.15. The molecule has 0 aliphatic carbocycles. The van der Waals surface area contributed by atoms with Crippen LogP contribution in [-0.4, -0.2) is 22.6 Å². The molecule has 1 amide bonds. The number of amides is 1. The van der Waals surface area contributed by atoms with Crippen molar-refractivity contribution in [1.82, 2.24) is 10.2 Å². The molecule has 0 bridgehead atoms. The third kappa shape index (κ3) is 5.34. The number of carbonyl (C=O) groups excluding carboxylic acids is 1. The molecule has 27 heavy (non-hydrogen) atoms. The van der Waals surface area contributed by atoms with Gasteiger partial charge in [0.2, 0.25) is 0 Å². The molecule has 0 atom stereocenters. The van der Waals surface area contributed by atoms with Gasteiger partial charge in [0, 0.05) is 12.2 Å². The van der Waals surface area contributed by atoms with Crippen LogP contribution in [0.2, 0.25) is 0 Å². The molecule has 138 valence electrons. The Bertz CT molecular complexity index is 878. The minimum absolute atomic E-state index is 0.243. The third-order valence-corrected chi connectivity index (χ3v) is 4.15. The Labute approximate surface area is 157 Å². The number of aromatic nitrogens is 2. The molecule has 3 rings (SSSR count). The average Bonchev–Trinajstić information content (AvgIpc) is 2.70. The number of halogens is 1. The number of aryl methyl sites for hydroxylation is 1. The van der Waals surface area contributed by atoms with Gasteiger partial charge in [-0.25, -0.2) is 4.39 Å². The van der Waals surface area contributed by atoms with Crippen molar-refractivity contribution >= 4 is 17.4 Å². The maximum absolute atomic E-state index is 12.9. The van der Waals surface area contributed by atoms with Gasteiger partial charge in [0.25, 0.3) is 5.91 Å². The Morgan fingerprint density at radius 3 is 2.26 bits per heavy atom. The van der Waals surface area contributed by atoms with Gasteiger partial charge < -0.3 is 10.6 Å². The van der Waals surface area contributed by atoms with E-state index in [2.05, 4.69) is 27.8 Å². The summed E-state index contributed by atoms with van der Waals surface area (Å²) in [6.07, 6.45) is 1.69. The summed E-state index contributed by atoms with van der Waals surface area (Å²) in [4.78, 5) is 12.2. The number of nitrogens with one attached hydrogen (secondary N) is 2. The summed E-state index contributed by atoms with van der Waals surface area (Å²) in [6.45, 7) is 2.72. The van der Waals surface area contributed by atoms with E-state index in [1.54, 1.807) is 24.3 Å². The topological polar surface area (TPSA) is 66.9 Å². The molecule has 0 unspecified atom stereocenters. The van der Waals surface area contributed by atoms with Crippen molar-refractivity contribution < 1.29 is 9.18 Å². The maximum Gasteiger partial charge on any atom is 0.276 e. The van der Waals surface area contributed by atoms with Crippen molar-refractivity contribution in [2.75, 3.05) is 17.2 Å². The van der Waals surface area contributed by atoms with Crippen molar-refractivity contribution in [3.63, 3.8) is 0 Å². The van der Waals surface area contributed by atoms with Gasteiger partial charge in [-0.3, -0.25) is 4.79 Å². The molecule has 3 aromatic rings. The van der Waals surface area contributed by atoms with Crippen LogP contribution in [0.3, 0.4) is 0 Å². The van der Waals surface area contributed by atoms with Crippen LogP contribution in [0.15, 0.2) is 60.7 Å². The summed E-state index contributed by atoms with van der Waals surface area (Å²) in [7, 11) is 0. The molecule has 0 saturated carbocycles. The summed E-state index contributed by atoms with van der Waals surface area (Å²) in [5.41, 5.74) is 3.21. The molecule has 6 heteroatoms. The molecule has 1 heterocycles. The molecule has 2 aromatic carbocycles. The maximum atomic E-state index is 12.9. The van der Waals surface area contributed by atoms with Gasteiger partial charge in [0.15, 0.2) is 5.69 Å². The number of hydrogen-bond donors (Lipinski definition) is 2. The van der Waals surface area contributed by atoms with E-state index in [4.69, 9.17) is 0 Å². The lowest BCUT2D eigenvalue weighted by Gasteiger charge is -2.07. The Morgan fingerprint density at radius 2 is 1.63 bits per heavy atom. The number of nitrogens with zero attached hydrogens (tertiary/aromatic N) is 2. The first kappa shape index (κ1) is 18.5. The summed E-state index contributed by atoms with van der Waals surface area (Å²) in [5.74, 6) is 0.0401. The molecule has 0 saturated heterocycles. The van der Waals surface area contributed by atoms with E-state index in [1.165, 1.54) is 17.7 Å². The predicted molar refractivity (Wildman–Crippen MR) is 104 cm³/mol. The molecular formula is C21H21FN4O. The zero-order valence-electron chi connectivity index (χ0n) is 15.1. The summed E-state index contributed by atoms with van der Waals surface area (Å²) >= 11 is 0. The highest BCUT2D eigenvalue weighted by Gasteiger charge is 2.08. The Morgan fingerprint density at radius 1 is 0.926 bits per heavy atom. The van der Waals surface area contributed by atoms with E-state index >= 15 is 0 Å². The lowest BCUT2D eigenvalue weighted by atomic mass is 10.1. The second-order valence-corrected chi connectivity index (χ2v) is 6.11. The molecule has 5 nitrogen and oxygen atoms in total. The molecular weight excluding hydrogens is 343 g/mol. The van der Waals surface area contributed by atoms with Crippen molar-refractivity contribution in [3.8, 4) is 0 Å². The molecule has 0 spiro atoms. The lowest BCUT2D eigenvalue weighted by Crippen LogP contribution is -2.15. The summed E-state index contributed by atoms with van der Waals surface area (Å²) in [5, 5.41) is 13.9. The lowest BCUT2D eigenvalue weighted by molar-refractivity contribution is 0.102. The molecule has 1 aromatic heterocycles. The highest BCUT2D eigenvalue weighted by atomic mass is 19.1. The van der Waals surface area contributed by atoms with Crippen LogP contribution in [0.25, 0.3) is 0 Å². The van der Waals surface area contributed by atoms with Gasteiger partial charge in [-0.2, -0.15) is 0 Å². The van der Waals surface area contributed by atoms with E-state index < -0.39 is 0 Å². The van der Waals surface area contributed by atoms with Gasteiger partial charge >= 0.3 is 0 Å². The van der Waals surface area contributed by atoms with Crippen LogP contribution in [0, 0.1) is 5.82 Å². The second kappa shape index (κ2) is 8.89. The van der Waals surface area contributed by atoms with E-state index in [1.807, 2.05) is 24.3 Å². The highest BCUT2D eigenvalue weighted by molar-refractivity contribution is 6.02. The predicted octanol–water partition coefficient (Wildman–Crippen LogP) is 4.09. The van der Waals surface area contributed by atoms with Gasteiger partial charge in [-0.1, -0.05) is 31.2 Å². The Hall–Kier alpha value is -3.28. The number of rotatable bonds is 7. The van der Waals surface area contributed by atoms with E-state index in [0.29, 0.717) is 12.4 Å². The normalized spacial score (nSPS) is 10.4. The average molecular weight is 364 g/mol. The minimum atomic E-state index is -0.301. The van der Waals surface area contributed by atoms with E-state index in [0.717, 1.165) is 24.1 Å². The van der Waals surface area contributed by atoms with Crippen LogP contribution in [0.5, 0.6) is 0 Å². The number of carbonyl (C=O) groups is 1. The van der Waals surface area contributed by atoms with Gasteiger partial charge in [-0.15, -0.1) is 10.2 Å². The fraction of sp³-hybridized carbons (Fsp3) is 0.190. The Kier molecular flexibility index (Phi) is 6.10. The molecule has 0 fully saturated rings. The van der Waals surface area contributed by atoms with E-state index in [-0.39, 0.29) is 17.4 Å². The molecule has 0 radical (unpaired) electrons. The number of hydrogen-bond acceptors (Lipinski definition) is 4. The van der Waals surface area contributed by atoms with Crippen LogP contribution >= 0.6 is 0 Å². The standard InChI is InChI=1S/C21H21FN4O/c1-2-15-5-9-18(10-6-15)24-21(27)19-11-12-20(26-25-19)23-14-13-16-3-7-17(22)8-4-16/h3-12H,2,13-14H2,1H3,(H,23,26)(H,24,27). The fourth-order valence-electron chi connectivity index (χ4n) is 2.55. The van der Waals surface area contributed by atoms with Gasteiger partial charge in [0.1, 0.15) is 11.6 Å². The first-order valence-electron chi connectivity index (χ1n) is 8.86. The van der Waals surface area contributed by atoms with Crippen molar-refractivity contribution in [3.05, 3.63) is 83.3 Å². The highest BCUT2D eigenvalue weighted by Crippen LogP contribution is 2.12. The minimum Gasteiger partial charge on any atom is -0.368 e. The van der Waals surface area contributed by atoms with Gasteiger partial charge in [-0.05, 0) is 60.4 Å². The van der Waals surface area contributed by atoms with Crippen molar-refractivity contribution in [2.24, 2.45) is 0 Å². The van der Waals surface area contributed by atoms with Crippen LogP contribution in [0.4, 0.5) is 15.9 Å². The zero-order valence-corrected chi connectivity index (χ0v) is 15.1. The number of benzene rings is 2. The van der Waals surface area contributed by atoms with Crippen LogP contribution in [-0.2, 0) is 12.8 Å². The van der Waals surface area contributed by atoms with E-state index in [9.17, 15) is 9.18 Å². The monoisotopic (exact) mass is 364 g/mol. The van der Waals surface area contributed by atoms with Crippen LogP contribution in [0.1, 0.15) is 28.5 Å². The first-order valence-corrected chi connectivity index (χ1v) is 8.86. The first-order chi connectivity index (χ1) is 13.1. The zero-order chi connectivity index (χ0) is 19.1.